The summed E-state index contributed by atoms with van der Waals surface area (Å²) in [6, 6.07) is 9.48. The van der Waals surface area contributed by atoms with Gasteiger partial charge in [-0.25, -0.2) is 0 Å². The van der Waals surface area contributed by atoms with Crippen molar-refractivity contribution in [3.8, 4) is 0 Å². The largest absolute Gasteiger partial charge is 0.314 e. The van der Waals surface area contributed by atoms with Gasteiger partial charge in [-0.3, -0.25) is 0 Å². The maximum atomic E-state index is 3.68. The van der Waals surface area contributed by atoms with Gasteiger partial charge in [-0.05, 0) is 49.8 Å². The number of likely N-dealkylation sites (N-methyl/N-ethyl adjacent to an activating group) is 1. The molecule has 0 heterocycles. The Labute approximate surface area is 118 Å². The van der Waals surface area contributed by atoms with E-state index in [1.807, 2.05) is 0 Å². The standard InChI is InChI=1S/C18H29N/c1-3-19-18(13-12-16-9-5-6-10-16)14-17-11-7-4-8-15(17)2/h4,7-8,11,16,18-19H,3,5-6,9-10,12-14H2,1-2H3. The molecule has 0 saturated heterocycles. The molecule has 0 amide bonds. The molecule has 1 nitrogen and oxygen atoms in total. The molecule has 0 spiro atoms. The van der Waals surface area contributed by atoms with Gasteiger partial charge in [-0.15, -0.1) is 0 Å². The van der Waals surface area contributed by atoms with Gasteiger partial charge in [0.25, 0.3) is 0 Å². The third kappa shape index (κ3) is 4.65. The Balaban J connectivity index is 1.86. The van der Waals surface area contributed by atoms with Gasteiger partial charge < -0.3 is 5.32 Å². The number of benzene rings is 1. The van der Waals surface area contributed by atoms with E-state index in [1.165, 1.54) is 56.1 Å². The molecule has 0 aliphatic heterocycles. The summed E-state index contributed by atoms with van der Waals surface area (Å²) in [5.74, 6) is 1.01. The number of rotatable bonds is 7. The van der Waals surface area contributed by atoms with E-state index in [0.29, 0.717) is 6.04 Å². The van der Waals surface area contributed by atoms with E-state index in [2.05, 4.69) is 43.4 Å². The van der Waals surface area contributed by atoms with E-state index >= 15 is 0 Å². The smallest absolute Gasteiger partial charge is 0.0108 e. The van der Waals surface area contributed by atoms with Gasteiger partial charge >= 0.3 is 0 Å². The topological polar surface area (TPSA) is 12.0 Å². The highest BCUT2D eigenvalue weighted by molar-refractivity contribution is 5.26. The summed E-state index contributed by atoms with van der Waals surface area (Å²) < 4.78 is 0. The van der Waals surface area contributed by atoms with Crippen molar-refractivity contribution in [1.29, 1.82) is 0 Å². The summed E-state index contributed by atoms with van der Waals surface area (Å²) in [7, 11) is 0. The average molecular weight is 259 g/mol. The highest BCUT2D eigenvalue weighted by atomic mass is 14.9. The van der Waals surface area contributed by atoms with E-state index < -0.39 is 0 Å². The van der Waals surface area contributed by atoms with Gasteiger partial charge in [0.2, 0.25) is 0 Å². The molecule has 1 heteroatoms. The summed E-state index contributed by atoms with van der Waals surface area (Å²) in [6.45, 7) is 5.54. The van der Waals surface area contributed by atoms with Crippen LogP contribution < -0.4 is 5.32 Å². The monoisotopic (exact) mass is 259 g/mol. The van der Waals surface area contributed by atoms with Crippen LogP contribution in [0.2, 0.25) is 0 Å². The SMILES string of the molecule is CCNC(CCC1CCCC1)Cc1ccccc1C. The molecular formula is C18H29N. The Morgan fingerprint density at radius 1 is 1.21 bits per heavy atom. The molecule has 1 N–H and O–H groups in total. The van der Waals surface area contributed by atoms with E-state index in [-0.39, 0.29) is 0 Å². The molecule has 1 aliphatic carbocycles. The van der Waals surface area contributed by atoms with Gasteiger partial charge in [-0.2, -0.15) is 0 Å². The second kappa shape index (κ2) is 7.69. The molecular weight excluding hydrogens is 230 g/mol. The normalized spacial score (nSPS) is 17.8. The van der Waals surface area contributed by atoms with E-state index in [1.54, 1.807) is 0 Å². The van der Waals surface area contributed by atoms with E-state index in [4.69, 9.17) is 0 Å². The van der Waals surface area contributed by atoms with Crippen LogP contribution in [0.15, 0.2) is 24.3 Å². The maximum absolute atomic E-state index is 3.68. The summed E-state index contributed by atoms with van der Waals surface area (Å²) in [5.41, 5.74) is 2.95. The fourth-order valence-corrected chi connectivity index (χ4v) is 3.41. The van der Waals surface area contributed by atoms with Crippen molar-refractivity contribution < 1.29 is 0 Å². The Bertz CT molecular complexity index is 366. The molecule has 19 heavy (non-hydrogen) atoms. The van der Waals surface area contributed by atoms with Crippen LogP contribution in [0.5, 0.6) is 0 Å². The average Bonchev–Trinajstić information content (AvgIpc) is 2.92. The first-order chi connectivity index (χ1) is 9.29. The van der Waals surface area contributed by atoms with Crippen molar-refractivity contribution in [3.05, 3.63) is 35.4 Å². The summed E-state index contributed by atoms with van der Waals surface area (Å²) in [6.07, 6.45) is 9.83. The molecule has 1 atom stereocenters. The van der Waals surface area contributed by atoms with Crippen LogP contribution in [0.3, 0.4) is 0 Å². The van der Waals surface area contributed by atoms with Crippen LogP contribution in [-0.4, -0.2) is 12.6 Å². The zero-order valence-corrected chi connectivity index (χ0v) is 12.6. The lowest BCUT2D eigenvalue weighted by atomic mass is 9.93. The van der Waals surface area contributed by atoms with Crippen molar-refractivity contribution in [2.75, 3.05) is 6.54 Å². The highest BCUT2D eigenvalue weighted by Gasteiger charge is 2.17. The predicted molar refractivity (Wildman–Crippen MR) is 83.5 cm³/mol. The zero-order chi connectivity index (χ0) is 13.5. The lowest BCUT2D eigenvalue weighted by Gasteiger charge is -2.20. The molecule has 0 aromatic heterocycles. The first-order valence-corrected chi connectivity index (χ1v) is 8.07. The van der Waals surface area contributed by atoms with E-state index in [9.17, 15) is 0 Å². The summed E-state index contributed by atoms with van der Waals surface area (Å²) in [5, 5.41) is 3.68. The molecule has 1 unspecified atom stereocenters. The third-order valence-electron chi connectivity index (χ3n) is 4.62. The molecule has 0 bridgehead atoms. The van der Waals surface area contributed by atoms with Gasteiger partial charge in [0.05, 0.1) is 0 Å². The number of nitrogens with one attached hydrogen (secondary N) is 1. The highest BCUT2D eigenvalue weighted by Crippen LogP contribution is 2.29. The molecule has 106 valence electrons. The number of aryl methyl sites for hydroxylation is 1. The van der Waals surface area contributed by atoms with Gasteiger partial charge in [0, 0.05) is 6.04 Å². The van der Waals surface area contributed by atoms with Gasteiger partial charge in [-0.1, -0.05) is 56.9 Å². The fourth-order valence-electron chi connectivity index (χ4n) is 3.41. The molecule has 1 aromatic carbocycles. The minimum Gasteiger partial charge on any atom is -0.314 e. The van der Waals surface area contributed by atoms with Crippen LogP contribution in [0.4, 0.5) is 0 Å². The molecule has 1 aromatic rings. The molecule has 1 aliphatic rings. The second-order valence-corrected chi connectivity index (χ2v) is 6.11. The fraction of sp³-hybridized carbons (Fsp3) is 0.667. The molecule has 2 rings (SSSR count). The lowest BCUT2D eigenvalue weighted by molar-refractivity contribution is 0.407. The quantitative estimate of drug-likeness (QED) is 0.761. The van der Waals surface area contributed by atoms with Crippen LogP contribution >= 0.6 is 0 Å². The van der Waals surface area contributed by atoms with Crippen molar-refractivity contribution >= 4 is 0 Å². The Hall–Kier alpha value is -0.820. The third-order valence-corrected chi connectivity index (χ3v) is 4.62. The van der Waals surface area contributed by atoms with Crippen LogP contribution in [0, 0.1) is 12.8 Å². The van der Waals surface area contributed by atoms with Crippen molar-refractivity contribution in [3.63, 3.8) is 0 Å². The molecule has 1 fully saturated rings. The Kier molecular flexibility index (Phi) is 5.91. The summed E-state index contributed by atoms with van der Waals surface area (Å²) in [4.78, 5) is 0. The van der Waals surface area contributed by atoms with Crippen molar-refractivity contribution in [2.45, 2.75) is 64.8 Å². The predicted octanol–water partition coefficient (Wildman–Crippen LogP) is 4.49. The van der Waals surface area contributed by atoms with E-state index in [0.717, 1.165) is 12.5 Å². The van der Waals surface area contributed by atoms with Crippen molar-refractivity contribution in [1.82, 2.24) is 5.32 Å². The zero-order valence-electron chi connectivity index (χ0n) is 12.6. The second-order valence-electron chi connectivity index (χ2n) is 6.11. The minimum atomic E-state index is 0.659. The van der Waals surface area contributed by atoms with Gasteiger partial charge in [0.1, 0.15) is 0 Å². The first-order valence-electron chi connectivity index (χ1n) is 8.07. The number of hydrogen-bond acceptors (Lipinski definition) is 1. The maximum Gasteiger partial charge on any atom is 0.0108 e. The van der Waals surface area contributed by atoms with Crippen LogP contribution in [0.1, 0.15) is 56.6 Å². The van der Waals surface area contributed by atoms with Crippen LogP contribution in [0.25, 0.3) is 0 Å². The van der Waals surface area contributed by atoms with Crippen LogP contribution in [-0.2, 0) is 6.42 Å². The molecule has 1 saturated carbocycles. The summed E-state index contributed by atoms with van der Waals surface area (Å²) >= 11 is 0. The molecule has 0 radical (unpaired) electrons. The Morgan fingerprint density at radius 3 is 2.63 bits per heavy atom. The van der Waals surface area contributed by atoms with Crippen molar-refractivity contribution in [2.24, 2.45) is 5.92 Å². The van der Waals surface area contributed by atoms with Gasteiger partial charge in [0.15, 0.2) is 0 Å². The Morgan fingerprint density at radius 2 is 1.95 bits per heavy atom. The number of hydrogen-bond donors (Lipinski definition) is 1. The lowest BCUT2D eigenvalue weighted by Crippen LogP contribution is -2.31. The minimum absolute atomic E-state index is 0.659. The first kappa shape index (κ1) is 14.6.